The number of para-hydroxylation sites is 1. The summed E-state index contributed by atoms with van der Waals surface area (Å²) < 4.78 is 6.25. The highest BCUT2D eigenvalue weighted by Gasteiger charge is 2.70. The van der Waals surface area contributed by atoms with E-state index in [1.54, 1.807) is 55.6 Å². The lowest BCUT2D eigenvalue weighted by atomic mass is 9.62. The molecule has 0 aliphatic carbocycles. The lowest BCUT2D eigenvalue weighted by Gasteiger charge is -2.38. The zero-order valence-corrected chi connectivity index (χ0v) is 23.7. The second-order valence-corrected chi connectivity index (χ2v) is 11.5. The Morgan fingerprint density at radius 1 is 0.878 bits per heavy atom. The lowest BCUT2D eigenvalue weighted by molar-refractivity contribution is -0.122. The van der Waals surface area contributed by atoms with E-state index in [9.17, 15) is 14.4 Å². The van der Waals surface area contributed by atoms with Crippen molar-refractivity contribution in [1.82, 2.24) is 4.90 Å². The summed E-state index contributed by atoms with van der Waals surface area (Å²) >= 11 is 3.46. The van der Waals surface area contributed by atoms with E-state index in [4.69, 9.17) is 4.74 Å². The first-order chi connectivity index (χ1) is 19.9. The summed E-state index contributed by atoms with van der Waals surface area (Å²) in [7, 11) is 1.55. The predicted molar refractivity (Wildman–Crippen MR) is 160 cm³/mol. The smallest absolute Gasteiger partial charge is 0.238 e. The number of rotatable bonds is 5. The Bertz CT molecular complexity index is 1760. The average Bonchev–Trinajstić information content (AvgIpc) is 3.49. The lowest BCUT2D eigenvalue weighted by Crippen LogP contribution is -2.49. The van der Waals surface area contributed by atoms with E-state index in [1.807, 2.05) is 65.7 Å². The molecule has 4 atom stereocenters. The molecule has 202 valence electrons. The highest BCUT2D eigenvalue weighted by molar-refractivity contribution is 9.10. The van der Waals surface area contributed by atoms with E-state index in [2.05, 4.69) is 21.2 Å². The molecule has 0 saturated carbocycles. The Morgan fingerprint density at radius 3 is 2.44 bits per heavy atom. The fraction of sp³-hybridized carbons (Fsp3) is 0.147. The van der Waals surface area contributed by atoms with E-state index >= 15 is 0 Å². The number of carbonyl (C=O) groups excluding carboxylic acids is 3. The van der Waals surface area contributed by atoms with Gasteiger partial charge in [0.1, 0.15) is 17.2 Å². The molecule has 0 aromatic heterocycles. The number of Topliss-reactive ketones (excluding diaryl/α,β-unsaturated/α-hetero) is 2. The number of ketones is 2. The minimum absolute atomic E-state index is 0.248. The van der Waals surface area contributed by atoms with Gasteiger partial charge in [-0.3, -0.25) is 14.4 Å². The number of hydrogen-bond donors (Lipinski definition) is 1. The van der Waals surface area contributed by atoms with Crippen LogP contribution < -0.4 is 10.1 Å². The molecule has 3 aliphatic heterocycles. The number of ether oxygens (including phenoxy) is 1. The highest BCUT2D eigenvalue weighted by Crippen LogP contribution is 2.62. The molecule has 1 saturated heterocycles. The van der Waals surface area contributed by atoms with Gasteiger partial charge in [-0.25, -0.2) is 0 Å². The maximum atomic E-state index is 14.8. The van der Waals surface area contributed by atoms with Crippen molar-refractivity contribution >= 4 is 45.2 Å². The highest BCUT2D eigenvalue weighted by atomic mass is 79.9. The molecule has 41 heavy (non-hydrogen) atoms. The zero-order chi connectivity index (χ0) is 28.3. The second kappa shape index (κ2) is 9.56. The molecular formula is C34H25BrN2O4. The topological polar surface area (TPSA) is 75.7 Å². The van der Waals surface area contributed by atoms with Crippen LogP contribution in [-0.4, -0.2) is 35.5 Å². The number of amides is 1. The standard InChI is InChI=1S/C34H25BrN2O4/c1-41-24-9-6-8-22(19-24)31(39)29-28(30(38)21-13-15-23(35)16-14-21)34(26-11-4-5-12-27(26)36-33(34)40)32-25-10-3-2-7-20(25)17-18-37(29)32/h2-19,28-29,32H,1H3,(H,36,40)/t28-,29-,32+,34+/m0/s1. The summed E-state index contributed by atoms with van der Waals surface area (Å²) in [5.41, 5.74) is 2.73. The van der Waals surface area contributed by atoms with Crippen LogP contribution in [0.4, 0.5) is 5.69 Å². The summed E-state index contributed by atoms with van der Waals surface area (Å²) in [4.78, 5) is 45.8. The fourth-order valence-corrected chi connectivity index (χ4v) is 7.17. The third kappa shape index (κ3) is 3.65. The molecule has 3 heterocycles. The molecule has 7 heteroatoms. The van der Waals surface area contributed by atoms with Gasteiger partial charge in [0.05, 0.1) is 19.1 Å². The fourth-order valence-electron chi connectivity index (χ4n) is 6.91. The Labute approximate surface area is 245 Å². The van der Waals surface area contributed by atoms with E-state index in [1.165, 1.54) is 0 Å². The van der Waals surface area contributed by atoms with Crippen LogP contribution in [0.15, 0.2) is 108 Å². The van der Waals surface area contributed by atoms with Gasteiger partial charge in [-0.15, -0.1) is 0 Å². The van der Waals surface area contributed by atoms with Crippen molar-refractivity contribution in [3.05, 3.63) is 136 Å². The van der Waals surface area contributed by atoms with E-state index in [-0.39, 0.29) is 17.5 Å². The van der Waals surface area contributed by atoms with Crippen LogP contribution in [0, 0.1) is 5.92 Å². The summed E-state index contributed by atoms with van der Waals surface area (Å²) in [6.07, 6.45) is 3.83. The Hall–Kier alpha value is -4.49. The van der Waals surface area contributed by atoms with Crippen LogP contribution in [0.2, 0.25) is 0 Å². The van der Waals surface area contributed by atoms with Crippen molar-refractivity contribution in [3.8, 4) is 5.75 Å². The molecule has 6 nitrogen and oxygen atoms in total. The maximum absolute atomic E-state index is 14.8. The number of anilines is 1. The van der Waals surface area contributed by atoms with E-state index < -0.39 is 23.4 Å². The largest absolute Gasteiger partial charge is 0.497 e. The minimum atomic E-state index is -1.36. The van der Waals surface area contributed by atoms with Crippen LogP contribution in [0.1, 0.15) is 43.4 Å². The van der Waals surface area contributed by atoms with Crippen molar-refractivity contribution in [2.45, 2.75) is 17.5 Å². The van der Waals surface area contributed by atoms with Crippen molar-refractivity contribution in [2.75, 3.05) is 12.4 Å². The summed E-state index contributed by atoms with van der Waals surface area (Å²) in [5, 5.41) is 3.08. The second-order valence-electron chi connectivity index (χ2n) is 10.6. The van der Waals surface area contributed by atoms with Gasteiger partial charge in [0, 0.05) is 27.5 Å². The van der Waals surface area contributed by atoms with Gasteiger partial charge in [-0.2, -0.15) is 0 Å². The first-order valence-corrected chi connectivity index (χ1v) is 14.2. The molecule has 3 aliphatic rings. The van der Waals surface area contributed by atoms with Crippen molar-refractivity contribution in [1.29, 1.82) is 0 Å². The Balaban J connectivity index is 1.53. The minimum Gasteiger partial charge on any atom is -0.497 e. The van der Waals surface area contributed by atoms with Crippen molar-refractivity contribution in [2.24, 2.45) is 5.92 Å². The number of hydrogen-bond acceptors (Lipinski definition) is 5. The van der Waals surface area contributed by atoms with Gasteiger partial charge < -0.3 is 15.0 Å². The predicted octanol–water partition coefficient (Wildman–Crippen LogP) is 6.44. The molecule has 1 amide bonds. The van der Waals surface area contributed by atoms with E-state index in [0.29, 0.717) is 22.6 Å². The number of benzene rings is 4. The third-order valence-corrected chi connectivity index (χ3v) is 9.13. The first kappa shape index (κ1) is 25.5. The molecule has 4 aromatic rings. The van der Waals surface area contributed by atoms with Crippen LogP contribution in [0.3, 0.4) is 0 Å². The number of nitrogens with zero attached hydrogens (tertiary/aromatic N) is 1. The van der Waals surface area contributed by atoms with Gasteiger partial charge in [0.15, 0.2) is 11.6 Å². The SMILES string of the molecule is COc1cccc(C(=O)[C@@H]2[C@@H](C(=O)c3ccc(Br)cc3)[C@@]3(C(=O)Nc4ccccc43)[C@H]3c4ccccc4C=CN23)c1. The van der Waals surface area contributed by atoms with Crippen LogP contribution in [-0.2, 0) is 10.2 Å². The van der Waals surface area contributed by atoms with Gasteiger partial charge in [-0.05, 0) is 53.1 Å². The normalized spacial score (nSPS) is 23.5. The van der Waals surface area contributed by atoms with E-state index in [0.717, 1.165) is 21.2 Å². The molecule has 1 spiro atoms. The van der Waals surface area contributed by atoms with Crippen molar-refractivity contribution in [3.63, 3.8) is 0 Å². The quantitative estimate of drug-likeness (QED) is 0.265. The molecule has 0 radical (unpaired) electrons. The molecule has 4 aromatic carbocycles. The van der Waals surface area contributed by atoms with Gasteiger partial charge in [0.2, 0.25) is 5.91 Å². The average molecular weight is 605 g/mol. The Morgan fingerprint density at radius 2 is 1.63 bits per heavy atom. The number of nitrogens with one attached hydrogen (secondary N) is 1. The number of carbonyl (C=O) groups is 3. The molecule has 1 fully saturated rings. The third-order valence-electron chi connectivity index (χ3n) is 8.60. The number of methoxy groups -OCH3 is 1. The zero-order valence-electron chi connectivity index (χ0n) is 22.1. The monoisotopic (exact) mass is 604 g/mol. The van der Waals surface area contributed by atoms with Crippen molar-refractivity contribution < 1.29 is 19.1 Å². The molecular weight excluding hydrogens is 580 g/mol. The number of fused-ring (bicyclic) bond motifs is 6. The van der Waals surface area contributed by atoms with Crippen LogP contribution >= 0.6 is 15.9 Å². The molecule has 0 bridgehead atoms. The van der Waals surface area contributed by atoms with Gasteiger partial charge >= 0.3 is 0 Å². The maximum Gasteiger partial charge on any atom is 0.238 e. The molecule has 0 unspecified atom stereocenters. The first-order valence-electron chi connectivity index (χ1n) is 13.4. The van der Waals surface area contributed by atoms with Gasteiger partial charge in [0.25, 0.3) is 0 Å². The van der Waals surface area contributed by atoms with Crippen LogP contribution in [0.5, 0.6) is 5.75 Å². The summed E-state index contributed by atoms with van der Waals surface area (Å²) in [6, 6.07) is 27.9. The summed E-state index contributed by atoms with van der Waals surface area (Å²) in [6.45, 7) is 0. The van der Waals surface area contributed by atoms with Crippen LogP contribution in [0.25, 0.3) is 6.08 Å². The van der Waals surface area contributed by atoms with Gasteiger partial charge in [-0.1, -0.05) is 82.7 Å². The molecule has 1 N–H and O–H groups in total. The Kier molecular flexibility index (Phi) is 5.94. The molecule has 7 rings (SSSR count). The summed E-state index contributed by atoms with van der Waals surface area (Å²) in [5.74, 6) is -1.27. The number of halogens is 1.